The molecule has 0 bridgehead atoms. The first kappa shape index (κ1) is 14.1. The molecule has 0 fully saturated rings. The molecule has 0 radical (unpaired) electrons. The summed E-state index contributed by atoms with van der Waals surface area (Å²) < 4.78 is 30.4. The number of fused-ring (bicyclic) bond motifs is 1. The van der Waals surface area contributed by atoms with Gasteiger partial charge in [-0.2, -0.15) is 0 Å². The van der Waals surface area contributed by atoms with Crippen LogP contribution >= 0.6 is 0 Å². The molecule has 1 atom stereocenters. The normalized spacial score (nSPS) is 23.0. The summed E-state index contributed by atoms with van der Waals surface area (Å²) in [5.74, 6) is 0.636. The van der Waals surface area contributed by atoms with E-state index in [4.69, 9.17) is 16.2 Å². The fraction of sp³-hybridized carbons (Fsp3) is 0.571. The minimum atomic E-state index is -2.36. The van der Waals surface area contributed by atoms with E-state index in [1.54, 1.807) is 7.11 Å². The number of halogens is 2. The Morgan fingerprint density at radius 2 is 2.00 bits per heavy atom. The summed E-state index contributed by atoms with van der Waals surface area (Å²) >= 11 is 0. The van der Waals surface area contributed by atoms with E-state index in [2.05, 4.69) is 0 Å². The van der Waals surface area contributed by atoms with Gasteiger partial charge in [-0.1, -0.05) is 6.07 Å². The number of benzene rings is 1. The molecule has 0 aliphatic heterocycles. The van der Waals surface area contributed by atoms with Gasteiger partial charge in [0.05, 0.1) is 12.8 Å². The monoisotopic (exact) mass is 270 g/mol. The van der Waals surface area contributed by atoms with E-state index in [1.807, 2.05) is 12.1 Å². The molecule has 1 aromatic carbocycles. The average molecular weight is 270 g/mol. The van der Waals surface area contributed by atoms with Crippen molar-refractivity contribution >= 4 is 5.69 Å². The SMILES string of the molecule is COc1ccc2c(c1N)CCC(N)(CC(F)F)CC2. The summed E-state index contributed by atoms with van der Waals surface area (Å²) in [5, 5.41) is 0. The van der Waals surface area contributed by atoms with Crippen molar-refractivity contribution in [3.05, 3.63) is 23.3 Å². The molecule has 0 aromatic heterocycles. The van der Waals surface area contributed by atoms with E-state index in [0.717, 1.165) is 11.1 Å². The van der Waals surface area contributed by atoms with Crippen LogP contribution in [0.4, 0.5) is 14.5 Å². The van der Waals surface area contributed by atoms with E-state index in [9.17, 15) is 8.78 Å². The Hall–Kier alpha value is -1.36. The zero-order valence-electron chi connectivity index (χ0n) is 11.1. The van der Waals surface area contributed by atoms with Crippen molar-refractivity contribution in [3.8, 4) is 5.75 Å². The van der Waals surface area contributed by atoms with Gasteiger partial charge < -0.3 is 16.2 Å². The Labute approximate surface area is 111 Å². The number of nitrogens with two attached hydrogens (primary N) is 2. The van der Waals surface area contributed by atoms with Crippen LogP contribution in [0.1, 0.15) is 30.4 Å². The number of nitrogen functional groups attached to an aromatic ring is 1. The zero-order valence-corrected chi connectivity index (χ0v) is 11.1. The molecule has 0 spiro atoms. The van der Waals surface area contributed by atoms with Crippen LogP contribution < -0.4 is 16.2 Å². The van der Waals surface area contributed by atoms with Gasteiger partial charge in [0.15, 0.2) is 0 Å². The molecule has 1 aromatic rings. The summed E-state index contributed by atoms with van der Waals surface area (Å²) in [6.07, 6.45) is -0.206. The second kappa shape index (κ2) is 5.33. The quantitative estimate of drug-likeness (QED) is 0.655. The van der Waals surface area contributed by atoms with Crippen LogP contribution in [0.2, 0.25) is 0 Å². The third-order valence-corrected chi connectivity index (χ3v) is 3.96. The molecule has 0 saturated heterocycles. The fourth-order valence-corrected chi connectivity index (χ4v) is 2.79. The summed E-state index contributed by atoms with van der Waals surface area (Å²) in [5.41, 5.74) is 14.1. The standard InChI is InChI=1S/C14H20F2N2O/c1-19-11-3-2-9-4-6-14(18,8-12(15)16)7-5-10(9)13(11)17/h2-3,12H,4-8,17-18H2,1H3. The summed E-state index contributed by atoms with van der Waals surface area (Å²) in [6, 6.07) is 3.78. The van der Waals surface area contributed by atoms with Gasteiger partial charge in [-0.15, -0.1) is 0 Å². The second-order valence-corrected chi connectivity index (χ2v) is 5.28. The van der Waals surface area contributed by atoms with E-state index < -0.39 is 12.0 Å². The first-order valence-corrected chi connectivity index (χ1v) is 6.46. The second-order valence-electron chi connectivity index (χ2n) is 5.28. The molecule has 1 aliphatic rings. The van der Waals surface area contributed by atoms with Crippen molar-refractivity contribution in [2.75, 3.05) is 12.8 Å². The van der Waals surface area contributed by atoms with Gasteiger partial charge in [0.2, 0.25) is 6.43 Å². The summed E-state index contributed by atoms with van der Waals surface area (Å²) in [6.45, 7) is 0. The van der Waals surface area contributed by atoms with Crippen molar-refractivity contribution in [1.82, 2.24) is 0 Å². The highest BCUT2D eigenvalue weighted by molar-refractivity contribution is 5.61. The fourth-order valence-electron chi connectivity index (χ4n) is 2.79. The predicted molar refractivity (Wildman–Crippen MR) is 71.6 cm³/mol. The van der Waals surface area contributed by atoms with Crippen molar-refractivity contribution in [2.45, 2.75) is 44.1 Å². The maximum atomic E-state index is 12.6. The Morgan fingerprint density at radius 1 is 1.32 bits per heavy atom. The number of rotatable bonds is 3. The molecular formula is C14H20F2N2O. The van der Waals surface area contributed by atoms with Gasteiger partial charge in [0, 0.05) is 12.0 Å². The number of anilines is 1. The Kier molecular flexibility index (Phi) is 3.94. The van der Waals surface area contributed by atoms with E-state index in [1.165, 1.54) is 0 Å². The van der Waals surface area contributed by atoms with Gasteiger partial charge >= 0.3 is 0 Å². The van der Waals surface area contributed by atoms with Crippen LogP contribution in [-0.2, 0) is 12.8 Å². The maximum Gasteiger partial charge on any atom is 0.240 e. The highest BCUT2D eigenvalue weighted by Gasteiger charge is 2.32. The summed E-state index contributed by atoms with van der Waals surface area (Å²) in [7, 11) is 1.57. The molecule has 2 rings (SSSR count). The van der Waals surface area contributed by atoms with E-state index in [0.29, 0.717) is 37.1 Å². The minimum absolute atomic E-state index is 0.252. The van der Waals surface area contributed by atoms with Crippen LogP contribution in [0.25, 0.3) is 0 Å². The van der Waals surface area contributed by atoms with Gasteiger partial charge in [0.1, 0.15) is 5.75 Å². The molecule has 19 heavy (non-hydrogen) atoms. The largest absolute Gasteiger partial charge is 0.495 e. The lowest BCUT2D eigenvalue weighted by Gasteiger charge is -2.27. The average Bonchev–Trinajstić information content (AvgIpc) is 2.50. The van der Waals surface area contributed by atoms with Crippen LogP contribution in [0.5, 0.6) is 5.75 Å². The molecule has 0 saturated carbocycles. The first-order valence-electron chi connectivity index (χ1n) is 6.46. The molecule has 3 nitrogen and oxygen atoms in total. The number of hydrogen-bond acceptors (Lipinski definition) is 3. The molecule has 4 N–H and O–H groups in total. The molecular weight excluding hydrogens is 250 g/mol. The molecule has 0 amide bonds. The number of methoxy groups -OCH3 is 1. The highest BCUT2D eigenvalue weighted by Crippen LogP contribution is 2.36. The lowest BCUT2D eigenvalue weighted by molar-refractivity contribution is 0.0990. The highest BCUT2D eigenvalue weighted by atomic mass is 19.3. The van der Waals surface area contributed by atoms with Crippen LogP contribution in [0.15, 0.2) is 12.1 Å². The van der Waals surface area contributed by atoms with Gasteiger partial charge in [-0.25, -0.2) is 8.78 Å². The Bertz CT molecular complexity index is 465. The van der Waals surface area contributed by atoms with E-state index in [-0.39, 0.29) is 6.42 Å². The van der Waals surface area contributed by atoms with Crippen molar-refractivity contribution in [2.24, 2.45) is 5.73 Å². The molecule has 1 aliphatic carbocycles. The third kappa shape index (κ3) is 2.97. The zero-order chi connectivity index (χ0) is 14.0. The molecule has 5 heteroatoms. The minimum Gasteiger partial charge on any atom is -0.495 e. The Balaban J connectivity index is 2.25. The number of alkyl halides is 2. The first-order chi connectivity index (χ1) is 8.95. The van der Waals surface area contributed by atoms with Crippen LogP contribution in [-0.4, -0.2) is 19.1 Å². The van der Waals surface area contributed by atoms with Crippen molar-refractivity contribution in [3.63, 3.8) is 0 Å². The van der Waals surface area contributed by atoms with Crippen molar-refractivity contribution < 1.29 is 13.5 Å². The summed E-state index contributed by atoms with van der Waals surface area (Å²) in [4.78, 5) is 0. The molecule has 0 heterocycles. The number of hydrogen-bond donors (Lipinski definition) is 2. The van der Waals surface area contributed by atoms with Gasteiger partial charge in [0.25, 0.3) is 0 Å². The molecule has 1 unspecified atom stereocenters. The van der Waals surface area contributed by atoms with Gasteiger partial charge in [-0.3, -0.25) is 0 Å². The number of ether oxygens (including phenoxy) is 1. The smallest absolute Gasteiger partial charge is 0.240 e. The Morgan fingerprint density at radius 3 is 2.63 bits per heavy atom. The third-order valence-electron chi connectivity index (χ3n) is 3.96. The lowest BCUT2D eigenvalue weighted by Crippen LogP contribution is -2.41. The number of aryl methyl sites for hydroxylation is 1. The maximum absolute atomic E-state index is 12.6. The van der Waals surface area contributed by atoms with Gasteiger partial charge in [-0.05, 0) is 42.9 Å². The van der Waals surface area contributed by atoms with Crippen LogP contribution in [0.3, 0.4) is 0 Å². The molecule has 106 valence electrons. The topological polar surface area (TPSA) is 61.3 Å². The van der Waals surface area contributed by atoms with E-state index >= 15 is 0 Å². The van der Waals surface area contributed by atoms with Crippen LogP contribution in [0, 0.1) is 0 Å². The predicted octanol–water partition coefficient (Wildman–Crippen LogP) is 2.51. The van der Waals surface area contributed by atoms with Crippen molar-refractivity contribution in [1.29, 1.82) is 0 Å². The lowest BCUT2D eigenvalue weighted by atomic mass is 9.87.